The van der Waals surface area contributed by atoms with Gasteiger partial charge in [-0.1, -0.05) is 44.2 Å². The molecular weight excluding hydrogens is 186 g/mol. The molecule has 0 saturated heterocycles. The lowest BCUT2D eigenvalue weighted by molar-refractivity contribution is 0.507. The van der Waals surface area contributed by atoms with Gasteiger partial charge in [-0.25, -0.2) is 0 Å². The smallest absolute Gasteiger partial charge is 0.185 e. The third-order valence-electron chi connectivity index (χ3n) is 2.50. The van der Waals surface area contributed by atoms with E-state index in [1.807, 2.05) is 18.2 Å². The number of benzene rings is 1. The zero-order chi connectivity index (χ0) is 11.3. The minimum absolute atomic E-state index is 0.164. The first-order chi connectivity index (χ1) is 7.11. The quantitative estimate of drug-likeness (QED) is 0.580. The summed E-state index contributed by atoms with van der Waals surface area (Å²) in [5.41, 5.74) is 12.0. The van der Waals surface area contributed by atoms with E-state index >= 15 is 0 Å². The molecule has 1 unspecified atom stereocenters. The summed E-state index contributed by atoms with van der Waals surface area (Å²) in [5.74, 6) is 1.07. The Labute approximate surface area is 91.2 Å². The first-order valence-electron chi connectivity index (χ1n) is 5.21. The average Bonchev–Trinajstić information content (AvgIpc) is 2.18. The summed E-state index contributed by atoms with van der Waals surface area (Å²) in [6, 6.07) is 10.3. The molecule has 0 fully saturated rings. The van der Waals surface area contributed by atoms with Crippen molar-refractivity contribution in [1.29, 1.82) is 0 Å². The number of hydrogen-bond acceptors (Lipinski definition) is 1. The van der Waals surface area contributed by atoms with E-state index in [-0.39, 0.29) is 5.96 Å². The van der Waals surface area contributed by atoms with Gasteiger partial charge in [0.05, 0.1) is 0 Å². The van der Waals surface area contributed by atoms with E-state index in [4.69, 9.17) is 11.5 Å². The van der Waals surface area contributed by atoms with Crippen LogP contribution in [-0.2, 0) is 0 Å². The molecule has 1 atom stereocenters. The Morgan fingerprint density at radius 2 is 1.80 bits per heavy atom. The van der Waals surface area contributed by atoms with Crippen molar-refractivity contribution >= 4 is 5.96 Å². The second-order valence-electron chi connectivity index (χ2n) is 4.03. The van der Waals surface area contributed by atoms with E-state index in [0.29, 0.717) is 18.4 Å². The van der Waals surface area contributed by atoms with Crippen LogP contribution in [0, 0.1) is 5.92 Å². The lowest BCUT2D eigenvalue weighted by Gasteiger charge is -2.19. The van der Waals surface area contributed by atoms with Gasteiger partial charge in [0.15, 0.2) is 5.96 Å². The van der Waals surface area contributed by atoms with E-state index in [0.717, 1.165) is 0 Å². The summed E-state index contributed by atoms with van der Waals surface area (Å²) in [5, 5.41) is 0. The van der Waals surface area contributed by atoms with Crippen molar-refractivity contribution in [3.8, 4) is 0 Å². The number of nitrogens with two attached hydrogens (primary N) is 2. The Balaban J connectivity index is 2.80. The van der Waals surface area contributed by atoms with E-state index in [2.05, 4.69) is 31.0 Å². The van der Waals surface area contributed by atoms with Crippen LogP contribution in [0.2, 0.25) is 0 Å². The highest BCUT2D eigenvalue weighted by molar-refractivity contribution is 5.75. The lowest BCUT2D eigenvalue weighted by atomic mass is 9.88. The van der Waals surface area contributed by atoms with Crippen molar-refractivity contribution in [1.82, 2.24) is 0 Å². The Bertz CT molecular complexity index is 313. The van der Waals surface area contributed by atoms with Gasteiger partial charge in [-0.05, 0) is 11.5 Å². The second-order valence-corrected chi connectivity index (χ2v) is 4.03. The molecule has 0 bridgehead atoms. The molecule has 15 heavy (non-hydrogen) atoms. The zero-order valence-corrected chi connectivity index (χ0v) is 9.35. The molecule has 4 N–H and O–H groups in total. The van der Waals surface area contributed by atoms with Crippen LogP contribution in [-0.4, -0.2) is 12.5 Å². The fourth-order valence-corrected chi connectivity index (χ4v) is 1.61. The second kappa shape index (κ2) is 5.39. The fourth-order valence-electron chi connectivity index (χ4n) is 1.61. The topological polar surface area (TPSA) is 64.4 Å². The van der Waals surface area contributed by atoms with Crippen LogP contribution < -0.4 is 11.5 Å². The predicted molar refractivity (Wildman–Crippen MR) is 64.7 cm³/mol. The highest BCUT2D eigenvalue weighted by Crippen LogP contribution is 2.24. The molecular formula is C12H19N3. The minimum atomic E-state index is 0.164. The van der Waals surface area contributed by atoms with Crippen LogP contribution in [0.5, 0.6) is 0 Å². The maximum absolute atomic E-state index is 5.35. The molecule has 3 heteroatoms. The molecule has 0 amide bonds. The first kappa shape index (κ1) is 11.6. The van der Waals surface area contributed by atoms with E-state index in [1.165, 1.54) is 5.56 Å². The van der Waals surface area contributed by atoms with Crippen molar-refractivity contribution in [2.45, 2.75) is 19.8 Å². The van der Waals surface area contributed by atoms with Crippen LogP contribution in [0.25, 0.3) is 0 Å². The van der Waals surface area contributed by atoms with Gasteiger partial charge in [-0.3, -0.25) is 4.99 Å². The summed E-state index contributed by atoms with van der Waals surface area (Å²) in [6.45, 7) is 5.02. The molecule has 0 aromatic heterocycles. The minimum Gasteiger partial charge on any atom is -0.370 e. The van der Waals surface area contributed by atoms with E-state index in [9.17, 15) is 0 Å². The van der Waals surface area contributed by atoms with Crippen LogP contribution in [0.15, 0.2) is 35.3 Å². The molecule has 3 nitrogen and oxygen atoms in total. The number of nitrogens with zero attached hydrogens (tertiary/aromatic N) is 1. The summed E-state index contributed by atoms with van der Waals surface area (Å²) in [7, 11) is 0. The summed E-state index contributed by atoms with van der Waals surface area (Å²) < 4.78 is 0. The first-order valence-corrected chi connectivity index (χ1v) is 5.21. The normalized spacial score (nSPS) is 12.5. The van der Waals surface area contributed by atoms with E-state index in [1.54, 1.807) is 0 Å². The maximum Gasteiger partial charge on any atom is 0.185 e. The number of guanidine groups is 1. The van der Waals surface area contributed by atoms with Gasteiger partial charge in [0.1, 0.15) is 0 Å². The van der Waals surface area contributed by atoms with Gasteiger partial charge in [-0.15, -0.1) is 0 Å². The van der Waals surface area contributed by atoms with Crippen molar-refractivity contribution in [2.75, 3.05) is 6.54 Å². The molecule has 1 aromatic carbocycles. The van der Waals surface area contributed by atoms with Crippen LogP contribution >= 0.6 is 0 Å². The summed E-state index contributed by atoms with van der Waals surface area (Å²) >= 11 is 0. The lowest BCUT2D eigenvalue weighted by Crippen LogP contribution is -2.24. The standard InChI is InChI=1S/C12H19N3/c1-9(2)11(8-15-12(13)14)10-6-4-3-5-7-10/h3-7,9,11H,8H2,1-2H3,(H4,13,14,15). The van der Waals surface area contributed by atoms with Gasteiger partial charge >= 0.3 is 0 Å². The average molecular weight is 205 g/mol. The molecule has 0 radical (unpaired) electrons. The van der Waals surface area contributed by atoms with Gasteiger partial charge in [0.2, 0.25) is 0 Å². The molecule has 0 spiro atoms. The van der Waals surface area contributed by atoms with Crippen LogP contribution in [0.1, 0.15) is 25.3 Å². The Kier molecular flexibility index (Phi) is 4.16. The zero-order valence-electron chi connectivity index (χ0n) is 9.35. The Morgan fingerprint density at radius 3 is 2.27 bits per heavy atom. The predicted octanol–water partition coefficient (Wildman–Crippen LogP) is 1.70. The third kappa shape index (κ3) is 3.62. The van der Waals surface area contributed by atoms with Crippen molar-refractivity contribution in [3.05, 3.63) is 35.9 Å². The molecule has 82 valence electrons. The molecule has 0 saturated carbocycles. The van der Waals surface area contributed by atoms with Crippen LogP contribution in [0.4, 0.5) is 0 Å². The van der Waals surface area contributed by atoms with Gasteiger partial charge < -0.3 is 11.5 Å². The Morgan fingerprint density at radius 1 is 1.20 bits per heavy atom. The molecule has 0 aliphatic carbocycles. The van der Waals surface area contributed by atoms with Gasteiger partial charge in [-0.2, -0.15) is 0 Å². The highest BCUT2D eigenvalue weighted by atomic mass is 15.0. The van der Waals surface area contributed by atoms with Crippen molar-refractivity contribution in [3.63, 3.8) is 0 Å². The molecule has 0 heterocycles. The molecule has 1 aromatic rings. The van der Waals surface area contributed by atoms with Crippen LogP contribution in [0.3, 0.4) is 0 Å². The molecule has 0 aliphatic rings. The summed E-state index contributed by atoms with van der Waals surface area (Å²) in [4.78, 5) is 4.09. The highest BCUT2D eigenvalue weighted by Gasteiger charge is 2.14. The monoisotopic (exact) mass is 205 g/mol. The van der Waals surface area contributed by atoms with Gasteiger partial charge in [0, 0.05) is 12.5 Å². The molecule has 0 aliphatic heterocycles. The van der Waals surface area contributed by atoms with Crippen molar-refractivity contribution < 1.29 is 0 Å². The summed E-state index contributed by atoms with van der Waals surface area (Å²) in [6.07, 6.45) is 0. The largest absolute Gasteiger partial charge is 0.370 e. The van der Waals surface area contributed by atoms with Gasteiger partial charge in [0.25, 0.3) is 0 Å². The number of aliphatic imine (C=N–C) groups is 1. The number of hydrogen-bond donors (Lipinski definition) is 2. The molecule has 1 rings (SSSR count). The SMILES string of the molecule is CC(C)C(CN=C(N)N)c1ccccc1. The van der Waals surface area contributed by atoms with E-state index < -0.39 is 0 Å². The number of rotatable bonds is 4. The van der Waals surface area contributed by atoms with Crippen molar-refractivity contribution in [2.24, 2.45) is 22.4 Å². The fraction of sp³-hybridized carbons (Fsp3) is 0.417. The maximum atomic E-state index is 5.35. The third-order valence-corrected chi connectivity index (χ3v) is 2.50. The Hall–Kier alpha value is -1.51.